The lowest BCUT2D eigenvalue weighted by molar-refractivity contribution is -0.128. The van der Waals surface area contributed by atoms with E-state index < -0.39 is 0 Å². The van der Waals surface area contributed by atoms with Crippen molar-refractivity contribution in [3.8, 4) is 0 Å². The van der Waals surface area contributed by atoms with E-state index in [0.717, 1.165) is 12.8 Å². The molecule has 0 N–H and O–H groups in total. The molecule has 0 aromatic heterocycles. The molecule has 2 heteroatoms. The standard InChI is InChI=1S/C8H15NO/c1-6(2)7-4-5-8(10)9(7)3/h6-7H,4-5H2,1-3H3/t7-/m0/s1. The van der Waals surface area contributed by atoms with Crippen LogP contribution in [0.15, 0.2) is 0 Å². The molecular formula is C8H15NO. The van der Waals surface area contributed by atoms with Gasteiger partial charge in [0.15, 0.2) is 0 Å². The van der Waals surface area contributed by atoms with Crippen LogP contribution in [0.5, 0.6) is 0 Å². The highest BCUT2D eigenvalue weighted by molar-refractivity contribution is 5.78. The molecule has 1 aliphatic rings. The Bertz CT molecular complexity index is 142. The first-order valence-corrected chi connectivity index (χ1v) is 3.88. The average molecular weight is 141 g/mol. The van der Waals surface area contributed by atoms with Crippen molar-refractivity contribution in [2.45, 2.75) is 32.7 Å². The smallest absolute Gasteiger partial charge is 0.222 e. The largest absolute Gasteiger partial charge is 0.343 e. The Labute approximate surface area is 62.2 Å². The van der Waals surface area contributed by atoms with Gasteiger partial charge in [0.1, 0.15) is 0 Å². The van der Waals surface area contributed by atoms with Gasteiger partial charge in [-0.05, 0) is 12.3 Å². The van der Waals surface area contributed by atoms with Gasteiger partial charge in [-0.15, -0.1) is 0 Å². The summed E-state index contributed by atoms with van der Waals surface area (Å²) in [4.78, 5) is 12.9. The van der Waals surface area contributed by atoms with E-state index in [1.165, 1.54) is 0 Å². The van der Waals surface area contributed by atoms with Crippen molar-refractivity contribution < 1.29 is 4.79 Å². The summed E-state index contributed by atoms with van der Waals surface area (Å²) in [6.45, 7) is 4.33. The Morgan fingerprint density at radius 1 is 1.60 bits per heavy atom. The summed E-state index contributed by atoms with van der Waals surface area (Å²) in [5.74, 6) is 0.912. The SMILES string of the molecule is CC(C)[C@@H]1CCC(=O)N1C. The van der Waals surface area contributed by atoms with Gasteiger partial charge < -0.3 is 4.90 Å². The summed E-state index contributed by atoms with van der Waals surface area (Å²) >= 11 is 0. The Kier molecular flexibility index (Phi) is 1.97. The number of carbonyl (C=O) groups is 1. The molecule has 0 radical (unpaired) electrons. The van der Waals surface area contributed by atoms with Crippen LogP contribution >= 0.6 is 0 Å². The number of rotatable bonds is 1. The summed E-state index contributed by atoms with van der Waals surface area (Å²) in [5.41, 5.74) is 0. The Hall–Kier alpha value is -0.530. The third kappa shape index (κ3) is 1.15. The lowest BCUT2D eigenvalue weighted by Crippen LogP contribution is -2.32. The molecule has 58 valence electrons. The van der Waals surface area contributed by atoms with E-state index in [2.05, 4.69) is 13.8 Å². The first kappa shape index (κ1) is 7.58. The Balaban J connectivity index is 2.57. The zero-order valence-electron chi connectivity index (χ0n) is 6.92. The quantitative estimate of drug-likeness (QED) is 0.538. The van der Waals surface area contributed by atoms with Gasteiger partial charge in [0.25, 0.3) is 0 Å². The highest BCUT2D eigenvalue weighted by Gasteiger charge is 2.29. The molecule has 1 heterocycles. The van der Waals surface area contributed by atoms with E-state index in [1.54, 1.807) is 0 Å². The van der Waals surface area contributed by atoms with Crippen LogP contribution in [0, 0.1) is 5.92 Å². The average Bonchev–Trinajstić information content (AvgIpc) is 2.14. The van der Waals surface area contributed by atoms with E-state index >= 15 is 0 Å². The lowest BCUT2D eigenvalue weighted by atomic mass is 10.0. The topological polar surface area (TPSA) is 20.3 Å². The van der Waals surface area contributed by atoms with Gasteiger partial charge >= 0.3 is 0 Å². The van der Waals surface area contributed by atoms with Gasteiger partial charge in [0.2, 0.25) is 5.91 Å². The molecule has 1 saturated heterocycles. The molecule has 0 saturated carbocycles. The summed E-state index contributed by atoms with van der Waals surface area (Å²) in [5, 5.41) is 0. The van der Waals surface area contributed by atoms with Gasteiger partial charge in [0, 0.05) is 19.5 Å². The highest BCUT2D eigenvalue weighted by atomic mass is 16.2. The zero-order chi connectivity index (χ0) is 7.72. The van der Waals surface area contributed by atoms with Crippen LogP contribution in [-0.2, 0) is 4.79 Å². The van der Waals surface area contributed by atoms with Crippen molar-refractivity contribution in [2.75, 3.05) is 7.05 Å². The van der Waals surface area contributed by atoms with Crippen molar-refractivity contribution in [1.82, 2.24) is 4.90 Å². The number of likely N-dealkylation sites (tertiary alicyclic amines) is 1. The van der Waals surface area contributed by atoms with Crippen molar-refractivity contribution in [3.63, 3.8) is 0 Å². The second kappa shape index (κ2) is 2.60. The molecule has 10 heavy (non-hydrogen) atoms. The second-order valence-corrected chi connectivity index (χ2v) is 3.35. The monoisotopic (exact) mass is 141 g/mol. The minimum Gasteiger partial charge on any atom is -0.343 e. The molecule has 0 bridgehead atoms. The Morgan fingerprint density at radius 3 is 2.40 bits per heavy atom. The molecule has 2 nitrogen and oxygen atoms in total. The predicted octanol–water partition coefficient (Wildman–Crippen LogP) is 1.26. The maximum Gasteiger partial charge on any atom is 0.222 e. The van der Waals surface area contributed by atoms with Crippen LogP contribution < -0.4 is 0 Å². The van der Waals surface area contributed by atoms with Crippen LogP contribution in [0.2, 0.25) is 0 Å². The van der Waals surface area contributed by atoms with Gasteiger partial charge in [-0.2, -0.15) is 0 Å². The van der Waals surface area contributed by atoms with Gasteiger partial charge in [-0.1, -0.05) is 13.8 Å². The van der Waals surface area contributed by atoms with Crippen molar-refractivity contribution in [1.29, 1.82) is 0 Å². The number of carbonyl (C=O) groups excluding carboxylic acids is 1. The third-order valence-electron chi connectivity index (χ3n) is 2.31. The van der Waals surface area contributed by atoms with E-state index in [1.807, 2.05) is 11.9 Å². The zero-order valence-corrected chi connectivity index (χ0v) is 6.92. The van der Waals surface area contributed by atoms with Gasteiger partial charge in [-0.25, -0.2) is 0 Å². The van der Waals surface area contributed by atoms with Crippen LogP contribution in [0.4, 0.5) is 0 Å². The van der Waals surface area contributed by atoms with Crippen molar-refractivity contribution in [3.05, 3.63) is 0 Å². The first-order valence-electron chi connectivity index (χ1n) is 3.88. The fourth-order valence-corrected chi connectivity index (χ4v) is 1.61. The molecule has 1 amide bonds. The molecule has 1 atom stereocenters. The summed E-state index contributed by atoms with van der Waals surface area (Å²) in [6, 6.07) is 0.493. The molecule has 0 unspecified atom stereocenters. The minimum absolute atomic E-state index is 0.304. The Morgan fingerprint density at radius 2 is 2.20 bits per heavy atom. The first-order chi connectivity index (χ1) is 4.63. The minimum atomic E-state index is 0.304. The number of amides is 1. The van der Waals surface area contributed by atoms with E-state index in [9.17, 15) is 4.79 Å². The molecular weight excluding hydrogens is 126 g/mol. The lowest BCUT2D eigenvalue weighted by Gasteiger charge is -2.22. The normalized spacial score (nSPS) is 26.6. The fourth-order valence-electron chi connectivity index (χ4n) is 1.61. The third-order valence-corrected chi connectivity index (χ3v) is 2.31. The van der Waals surface area contributed by atoms with Crippen LogP contribution in [0.1, 0.15) is 26.7 Å². The van der Waals surface area contributed by atoms with E-state index in [0.29, 0.717) is 17.9 Å². The summed E-state index contributed by atoms with van der Waals surface area (Å²) in [6.07, 6.45) is 1.80. The number of hydrogen-bond acceptors (Lipinski definition) is 1. The summed E-state index contributed by atoms with van der Waals surface area (Å²) in [7, 11) is 1.90. The molecule has 1 rings (SSSR count). The second-order valence-electron chi connectivity index (χ2n) is 3.35. The maximum atomic E-state index is 11.0. The van der Waals surface area contributed by atoms with Gasteiger partial charge in [0.05, 0.1) is 0 Å². The molecule has 1 fully saturated rings. The highest BCUT2D eigenvalue weighted by Crippen LogP contribution is 2.22. The molecule has 1 aliphatic heterocycles. The molecule has 0 aromatic rings. The summed E-state index contributed by atoms with van der Waals surface area (Å²) < 4.78 is 0. The molecule has 0 spiro atoms. The van der Waals surface area contributed by atoms with Crippen molar-refractivity contribution in [2.24, 2.45) is 5.92 Å². The predicted molar refractivity (Wildman–Crippen MR) is 40.6 cm³/mol. The molecule has 0 aromatic carbocycles. The van der Waals surface area contributed by atoms with Crippen molar-refractivity contribution >= 4 is 5.91 Å². The molecule has 0 aliphatic carbocycles. The van der Waals surface area contributed by atoms with Crippen LogP contribution in [0.3, 0.4) is 0 Å². The number of nitrogens with zero attached hydrogens (tertiary/aromatic N) is 1. The van der Waals surface area contributed by atoms with Crippen LogP contribution in [0.25, 0.3) is 0 Å². The van der Waals surface area contributed by atoms with E-state index in [4.69, 9.17) is 0 Å². The van der Waals surface area contributed by atoms with Crippen LogP contribution in [-0.4, -0.2) is 23.9 Å². The maximum absolute atomic E-state index is 11.0. The number of hydrogen-bond donors (Lipinski definition) is 0. The fraction of sp³-hybridized carbons (Fsp3) is 0.875. The van der Waals surface area contributed by atoms with Gasteiger partial charge in [-0.3, -0.25) is 4.79 Å². The van der Waals surface area contributed by atoms with E-state index in [-0.39, 0.29) is 0 Å².